The SMILES string of the molecule is CC(C)N(c1ccc(C(=O)CCCNC(=O)OC(C)(C)C)cn1)C(C)C. The molecule has 0 unspecified atom stereocenters. The lowest BCUT2D eigenvalue weighted by Gasteiger charge is -2.31. The van der Waals surface area contributed by atoms with Gasteiger partial charge >= 0.3 is 6.09 Å². The number of carbonyl (C=O) groups is 2. The molecule has 146 valence electrons. The molecule has 6 heteroatoms. The van der Waals surface area contributed by atoms with E-state index in [1.165, 1.54) is 0 Å². The van der Waals surface area contributed by atoms with Crippen molar-refractivity contribution in [3.63, 3.8) is 0 Å². The molecule has 1 aromatic heterocycles. The smallest absolute Gasteiger partial charge is 0.407 e. The number of Topliss-reactive ketones (excluding diaryl/α,β-unsaturated/α-hetero) is 1. The fraction of sp³-hybridized carbons (Fsp3) is 0.650. The second-order valence-corrected chi connectivity index (χ2v) is 7.96. The summed E-state index contributed by atoms with van der Waals surface area (Å²) in [7, 11) is 0. The molecule has 0 fully saturated rings. The molecule has 0 bridgehead atoms. The molecule has 0 atom stereocenters. The van der Waals surface area contributed by atoms with Crippen LogP contribution in [0.4, 0.5) is 10.6 Å². The van der Waals surface area contributed by atoms with Gasteiger partial charge < -0.3 is 15.0 Å². The van der Waals surface area contributed by atoms with Gasteiger partial charge in [-0.05, 0) is 67.0 Å². The Morgan fingerprint density at radius 2 is 1.77 bits per heavy atom. The van der Waals surface area contributed by atoms with Crippen LogP contribution in [0, 0.1) is 0 Å². The molecule has 0 saturated heterocycles. The highest BCUT2D eigenvalue weighted by Gasteiger charge is 2.17. The van der Waals surface area contributed by atoms with E-state index < -0.39 is 11.7 Å². The number of rotatable bonds is 8. The average Bonchev–Trinajstić information content (AvgIpc) is 2.49. The van der Waals surface area contributed by atoms with Crippen LogP contribution in [-0.4, -0.2) is 41.1 Å². The summed E-state index contributed by atoms with van der Waals surface area (Å²) in [5.41, 5.74) is 0.0752. The summed E-state index contributed by atoms with van der Waals surface area (Å²) in [6.07, 6.45) is 2.09. The van der Waals surface area contributed by atoms with E-state index in [1.54, 1.807) is 6.20 Å². The number of anilines is 1. The summed E-state index contributed by atoms with van der Waals surface area (Å²) in [5.74, 6) is 0.897. The molecule has 0 saturated carbocycles. The molecule has 0 spiro atoms. The Hall–Kier alpha value is -2.11. The number of hydrogen-bond acceptors (Lipinski definition) is 5. The number of aromatic nitrogens is 1. The highest BCUT2D eigenvalue weighted by Crippen LogP contribution is 2.18. The van der Waals surface area contributed by atoms with Gasteiger partial charge in [0.2, 0.25) is 0 Å². The molecule has 6 nitrogen and oxygen atoms in total. The van der Waals surface area contributed by atoms with Gasteiger partial charge in [-0.15, -0.1) is 0 Å². The average molecular weight is 364 g/mol. The Kier molecular flexibility index (Phi) is 8.06. The number of carbonyl (C=O) groups excluding carboxylic acids is 2. The maximum absolute atomic E-state index is 12.3. The second-order valence-electron chi connectivity index (χ2n) is 7.96. The molecule has 1 rings (SSSR count). The molecule has 0 aliphatic rings. The van der Waals surface area contributed by atoms with Gasteiger partial charge in [-0.25, -0.2) is 9.78 Å². The van der Waals surface area contributed by atoms with Crippen LogP contribution in [0.15, 0.2) is 18.3 Å². The van der Waals surface area contributed by atoms with Crippen molar-refractivity contribution < 1.29 is 14.3 Å². The van der Waals surface area contributed by atoms with Gasteiger partial charge in [-0.2, -0.15) is 0 Å². The van der Waals surface area contributed by atoms with Gasteiger partial charge in [-0.1, -0.05) is 0 Å². The van der Waals surface area contributed by atoms with E-state index in [0.29, 0.717) is 37.0 Å². The van der Waals surface area contributed by atoms with E-state index in [9.17, 15) is 9.59 Å². The third-order valence-corrected chi connectivity index (χ3v) is 3.70. The molecular weight excluding hydrogens is 330 g/mol. The molecule has 0 aliphatic carbocycles. The highest BCUT2D eigenvalue weighted by atomic mass is 16.6. The summed E-state index contributed by atoms with van der Waals surface area (Å²) in [5, 5.41) is 2.66. The van der Waals surface area contributed by atoms with Crippen LogP contribution in [0.5, 0.6) is 0 Å². The van der Waals surface area contributed by atoms with Crippen molar-refractivity contribution in [2.24, 2.45) is 0 Å². The predicted octanol–water partition coefficient (Wildman–Crippen LogP) is 4.19. The molecule has 0 aliphatic heterocycles. The van der Waals surface area contributed by atoms with Gasteiger partial charge in [0.25, 0.3) is 0 Å². The summed E-state index contributed by atoms with van der Waals surface area (Å²) in [6, 6.07) is 4.39. The van der Waals surface area contributed by atoms with Crippen molar-refractivity contribution in [1.82, 2.24) is 10.3 Å². The fourth-order valence-electron chi connectivity index (χ4n) is 2.73. The van der Waals surface area contributed by atoms with Crippen LogP contribution in [0.25, 0.3) is 0 Å². The lowest BCUT2D eigenvalue weighted by atomic mass is 10.1. The standard InChI is InChI=1S/C20H33N3O3/c1-14(2)23(15(3)4)18-11-10-16(13-22-18)17(24)9-8-12-21-19(25)26-20(5,6)7/h10-11,13-15H,8-9,12H2,1-7H3,(H,21,25). The Bertz CT molecular complexity index is 581. The van der Waals surface area contributed by atoms with Crippen LogP contribution in [0.2, 0.25) is 0 Å². The van der Waals surface area contributed by atoms with Crippen molar-refractivity contribution in [3.05, 3.63) is 23.9 Å². The molecule has 1 heterocycles. The van der Waals surface area contributed by atoms with Crippen LogP contribution in [0.1, 0.15) is 71.7 Å². The lowest BCUT2D eigenvalue weighted by Crippen LogP contribution is -2.37. The summed E-state index contributed by atoms with van der Waals surface area (Å²) in [6.45, 7) is 14.3. The molecule has 1 N–H and O–H groups in total. The Morgan fingerprint density at radius 3 is 2.23 bits per heavy atom. The molecule has 0 aromatic carbocycles. The molecule has 26 heavy (non-hydrogen) atoms. The minimum Gasteiger partial charge on any atom is -0.444 e. The van der Waals surface area contributed by atoms with E-state index in [1.807, 2.05) is 32.9 Å². The Morgan fingerprint density at radius 1 is 1.15 bits per heavy atom. The summed E-state index contributed by atoms with van der Waals surface area (Å²) < 4.78 is 5.15. The van der Waals surface area contributed by atoms with E-state index >= 15 is 0 Å². The fourth-order valence-corrected chi connectivity index (χ4v) is 2.73. The zero-order chi connectivity index (χ0) is 19.9. The molecular formula is C20H33N3O3. The summed E-state index contributed by atoms with van der Waals surface area (Å²) in [4.78, 5) is 30.5. The largest absolute Gasteiger partial charge is 0.444 e. The third kappa shape index (κ3) is 7.42. The third-order valence-electron chi connectivity index (χ3n) is 3.70. The first-order valence-corrected chi connectivity index (χ1v) is 9.25. The van der Waals surface area contributed by atoms with Gasteiger partial charge in [-0.3, -0.25) is 4.79 Å². The zero-order valence-electron chi connectivity index (χ0n) is 17.1. The first-order chi connectivity index (χ1) is 12.0. The second kappa shape index (κ2) is 9.55. The summed E-state index contributed by atoms with van der Waals surface area (Å²) >= 11 is 0. The van der Waals surface area contributed by atoms with E-state index in [-0.39, 0.29) is 5.78 Å². The zero-order valence-corrected chi connectivity index (χ0v) is 17.1. The highest BCUT2D eigenvalue weighted by molar-refractivity contribution is 5.95. The van der Waals surface area contributed by atoms with Crippen LogP contribution in [-0.2, 0) is 4.74 Å². The monoisotopic (exact) mass is 363 g/mol. The quantitative estimate of drug-likeness (QED) is 0.554. The van der Waals surface area contributed by atoms with Crippen molar-refractivity contribution in [2.45, 2.75) is 79.0 Å². The number of hydrogen-bond donors (Lipinski definition) is 1. The molecule has 1 amide bonds. The van der Waals surface area contributed by atoms with Crippen molar-refractivity contribution >= 4 is 17.7 Å². The minimum atomic E-state index is -0.521. The van der Waals surface area contributed by atoms with Gasteiger partial charge in [0.05, 0.1) is 0 Å². The number of nitrogens with one attached hydrogen (secondary N) is 1. The molecule has 1 aromatic rings. The van der Waals surface area contributed by atoms with Crippen molar-refractivity contribution in [2.75, 3.05) is 11.4 Å². The van der Waals surface area contributed by atoms with Crippen LogP contribution in [0.3, 0.4) is 0 Å². The maximum Gasteiger partial charge on any atom is 0.407 e. The number of nitrogens with zero attached hydrogens (tertiary/aromatic N) is 2. The number of alkyl carbamates (subject to hydrolysis) is 1. The molecule has 0 radical (unpaired) electrons. The first-order valence-electron chi connectivity index (χ1n) is 9.25. The predicted molar refractivity (Wildman–Crippen MR) is 105 cm³/mol. The maximum atomic E-state index is 12.3. The minimum absolute atomic E-state index is 0.0238. The lowest BCUT2D eigenvalue weighted by molar-refractivity contribution is 0.0525. The van der Waals surface area contributed by atoms with Crippen molar-refractivity contribution in [3.8, 4) is 0 Å². The Labute approximate surface area is 157 Å². The van der Waals surface area contributed by atoms with Crippen molar-refractivity contribution in [1.29, 1.82) is 0 Å². The van der Waals surface area contributed by atoms with Crippen LogP contribution < -0.4 is 10.2 Å². The Balaban J connectivity index is 2.50. The van der Waals surface area contributed by atoms with E-state index in [2.05, 4.69) is 42.9 Å². The van der Waals surface area contributed by atoms with E-state index in [4.69, 9.17) is 4.74 Å². The van der Waals surface area contributed by atoms with Gasteiger partial charge in [0.15, 0.2) is 5.78 Å². The number of pyridine rings is 1. The number of ketones is 1. The topological polar surface area (TPSA) is 71.5 Å². The normalized spacial score (nSPS) is 11.6. The van der Waals surface area contributed by atoms with Gasteiger partial charge in [0.1, 0.15) is 11.4 Å². The number of ether oxygens (including phenoxy) is 1. The van der Waals surface area contributed by atoms with E-state index in [0.717, 1.165) is 5.82 Å². The first kappa shape index (κ1) is 21.9. The van der Waals surface area contributed by atoms with Gasteiger partial charge in [0, 0.05) is 36.8 Å². The number of amides is 1. The van der Waals surface area contributed by atoms with Crippen LogP contribution >= 0.6 is 0 Å².